The van der Waals surface area contributed by atoms with Crippen LogP contribution in [-0.2, 0) is 11.2 Å². The second-order valence-corrected chi connectivity index (χ2v) is 8.88. The number of thiophene rings is 1. The number of rotatable bonds is 8. The molecule has 164 valence electrons. The van der Waals surface area contributed by atoms with Gasteiger partial charge in [0.25, 0.3) is 5.91 Å². The van der Waals surface area contributed by atoms with Crippen LogP contribution in [0.1, 0.15) is 15.4 Å². The summed E-state index contributed by atoms with van der Waals surface area (Å²) < 4.78 is 29.8. The van der Waals surface area contributed by atoms with Crippen molar-refractivity contribution in [3.63, 3.8) is 0 Å². The van der Waals surface area contributed by atoms with E-state index in [4.69, 9.17) is 0 Å². The van der Waals surface area contributed by atoms with Crippen LogP contribution in [-0.4, -0.2) is 28.4 Å². The Kier molecular flexibility index (Phi) is 6.83. The van der Waals surface area contributed by atoms with Gasteiger partial charge in [0.05, 0.1) is 22.7 Å². The Labute approximate surface area is 192 Å². The van der Waals surface area contributed by atoms with Crippen molar-refractivity contribution in [3.8, 4) is 17.0 Å². The highest BCUT2D eigenvalue weighted by Gasteiger charge is 2.16. The predicted molar refractivity (Wildman–Crippen MR) is 121 cm³/mol. The monoisotopic (exact) mass is 492 g/mol. The van der Waals surface area contributed by atoms with E-state index in [1.807, 2.05) is 0 Å². The topological polar surface area (TPSA) is 93.2 Å². The molecule has 0 radical (unpaired) electrons. The zero-order chi connectivity index (χ0) is 22.5. The normalized spacial score (nSPS) is 10.8. The Bertz CT molecular complexity index is 1220. The van der Waals surface area contributed by atoms with Crippen LogP contribution in [0, 0.1) is 0 Å². The molecule has 2 N–H and O–H groups in total. The van der Waals surface area contributed by atoms with Gasteiger partial charge < -0.3 is 10.1 Å². The summed E-state index contributed by atoms with van der Waals surface area (Å²) in [5.74, 6) is -0.591. The first-order chi connectivity index (χ1) is 15.5. The van der Waals surface area contributed by atoms with Crippen molar-refractivity contribution < 1.29 is 23.1 Å². The standard InChI is InChI=1S/C20H14F2N4O3S3/c21-18(22)29-14-5-2-1-4-12(14)13-10-32-20(24-13)25-16(27)8-11-9-31-19(23-11)26-17(28)15-6-3-7-30-15/h1-7,9-10,18H,8H2,(H,23,26,28)(H,24,25,27). The van der Waals surface area contributed by atoms with Crippen molar-refractivity contribution in [3.05, 3.63) is 63.1 Å². The first kappa shape index (κ1) is 22.0. The van der Waals surface area contributed by atoms with Crippen molar-refractivity contribution in [2.24, 2.45) is 0 Å². The van der Waals surface area contributed by atoms with E-state index in [1.54, 1.807) is 46.5 Å². The molecule has 12 heteroatoms. The summed E-state index contributed by atoms with van der Waals surface area (Å²) in [6.07, 6.45) is -0.00857. The lowest BCUT2D eigenvalue weighted by Gasteiger charge is -2.08. The van der Waals surface area contributed by atoms with Crippen LogP contribution in [0.2, 0.25) is 0 Å². The highest BCUT2D eigenvalue weighted by molar-refractivity contribution is 7.14. The molecule has 4 rings (SSSR count). The van der Waals surface area contributed by atoms with E-state index in [0.717, 1.165) is 11.3 Å². The number of thiazole rings is 2. The number of benzene rings is 1. The summed E-state index contributed by atoms with van der Waals surface area (Å²) in [6.45, 7) is -2.95. The Morgan fingerprint density at radius 2 is 1.75 bits per heavy atom. The lowest BCUT2D eigenvalue weighted by Crippen LogP contribution is -2.15. The Balaban J connectivity index is 1.36. The molecule has 3 aromatic heterocycles. The number of amides is 2. The van der Waals surface area contributed by atoms with E-state index < -0.39 is 6.61 Å². The molecule has 0 aliphatic carbocycles. The molecule has 0 saturated carbocycles. The molecule has 0 unspecified atom stereocenters. The number of aromatic nitrogens is 2. The van der Waals surface area contributed by atoms with E-state index in [0.29, 0.717) is 32.1 Å². The molecule has 0 fully saturated rings. The Morgan fingerprint density at radius 3 is 2.53 bits per heavy atom. The van der Waals surface area contributed by atoms with Crippen LogP contribution < -0.4 is 15.4 Å². The van der Waals surface area contributed by atoms with Crippen molar-refractivity contribution in [2.75, 3.05) is 10.6 Å². The van der Waals surface area contributed by atoms with Gasteiger partial charge in [-0.1, -0.05) is 18.2 Å². The quantitative estimate of drug-likeness (QED) is 0.345. The molecule has 0 bridgehead atoms. The van der Waals surface area contributed by atoms with Crippen molar-refractivity contribution in [1.82, 2.24) is 9.97 Å². The van der Waals surface area contributed by atoms with Crippen LogP contribution >= 0.6 is 34.0 Å². The Hall–Kier alpha value is -3.22. The predicted octanol–water partition coefficient (Wildman–Crippen LogP) is 5.36. The molecular weight excluding hydrogens is 478 g/mol. The lowest BCUT2D eigenvalue weighted by atomic mass is 10.1. The molecule has 0 aliphatic rings. The van der Waals surface area contributed by atoms with Crippen molar-refractivity contribution in [1.29, 1.82) is 0 Å². The maximum atomic E-state index is 12.6. The first-order valence-corrected chi connectivity index (χ1v) is 11.7. The fourth-order valence-electron chi connectivity index (χ4n) is 2.67. The third-order valence-corrected chi connectivity index (χ3v) is 6.42. The summed E-state index contributed by atoms with van der Waals surface area (Å²) in [5.41, 5.74) is 1.31. The average molecular weight is 493 g/mol. The smallest absolute Gasteiger partial charge is 0.387 e. The maximum absolute atomic E-state index is 12.6. The third kappa shape index (κ3) is 5.52. The van der Waals surface area contributed by atoms with Crippen molar-refractivity contribution in [2.45, 2.75) is 13.0 Å². The number of alkyl halides is 2. The molecule has 1 aromatic carbocycles. The minimum absolute atomic E-state index is 0.00488. The molecule has 4 aromatic rings. The zero-order valence-electron chi connectivity index (χ0n) is 16.1. The minimum atomic E-state index is -2.95. The second kappa shape index (κ2) is 9.94. The lowest BCUT2D eigenvalue weighted by molar-refractivity contribution is -0.115. The van der Waals surface area contributed by atoms with Gasteiger partial charge in [0, 0.05) is 16.3 Å². The molecule has 0 saturated heterocycles. The van der Waals surface area contributed by atoms with Crippen LogP contribution in [0.4, 0.5) is 19.0 Å². The molecule has 3 heterocycles. The number of carbonyl (C=O) groups excluding carboxylic acids is 2. The number of para-hydroxylation sites is 1. The van der Waals surface area contributed by atoms with Crippen LogP contribution in [0.5, 0.6) is 5.75 Å². The van der Waals surface area contributed by atoms with Gasteiger partial charge in [-0.2, -0.15) is 8.78 Å². The molecule has 2 amide bonds. The minimum Gasteiger partial charge on any atom is -0.434 e. The number of nitrogens with zero attached hydrogens (tertiary/aromatic N) is 2. The van der Waals surface area contributed by atoms with Gasteiger partial charge >= 0.3 is 6.61 Å². The highest BCUT2D eigenvalue weighted by Crippen LogP contribution is 2.33. The van der Waals surface area contributed by atoms with Gasteiger partial charge in [-0.25, -0.2) is 9.97 Å². The summed E-state index contributed by atoms with van der Waals surface area (Å²) >= 11 is 3.71. The van der Waals surface area contributed by atoms with Gasteiger partial charge in [-0.05, 0) is 23.6 Å². The van der Waals surface area contributed by atoms with E-state index in [-0.39, 0.29) is 24.0 Å². The average Bonchev–Trinajstić information content (AvgIpc) is 3.50. The molecule has 0 aliphatic heterocycles. The van der Waals surface area contributed by atoms with Gasteiger partial charge in [-0.15, -0.1) is 34.0 Å². The van der Waals surface area contributed by atoms with Gasteiger partial charge in [0.1, 0.15) is 5.75 Å². The largest absolute Gasteiger partial charge is 0.434 e. The molecule has 32 heavy (non-hydrogen) atoms. The van der Waals surface area contributed by atoms with E-state index in [9.17, 15) is 18.4 Å². The summed E-state index contributed by atoms with van der Waals surface area (Å²) in [7, 11) is 0. The number of ether oxygens (including phenoxy) is 1. The molecule has 7 nitrogen and oxygen atoms in total. The number of halogens is 2. The van der Waals surface area contributed by atoms with Crippen LogP contribution in [0.3, 0.4) is 0 Å². The second-order valence-electron chi connectivity index (χ2n) is 6.21. The summed E-state index contributed by atoms with van der Waals surface area (Å²) in [5, 5.41) is 11.2. The third-order valence-electron chi connectivity index (χ3n) is 3.99. The molecule has 0 atom stereocenters. The van der Waals surface area contributed by atoms with Gasteiger partial charge in [0.2, 0.25) is 5.91 Å². The fourth-order valence-corrected chi connectivity index (χ4v) is 4.72. The highest BCUT2D eigenvalue weighted by atomic mass is 32.1. The number of hydrogen-bond acceptors (Lipinski definition) is 8. The van der Waals surface area contributed by atoms with Crippen LogP contribution in [0.15, 0.2) is 52.5 Å². The van der Waals surface area contributed by atoms with E-state index in [1.165, 1.54) is 28.7 Å². The molecule has 0 spiro atoms. The fraction of sp³-hybridized carbons (Fsp3) is 0.100. The first-order valence-electron chi connectivity index (χ1n) is 9.07. The maximum Gasteiger partial charge on any atom is 0.387 e. The van der Waals surface area contributed by atoms with Gasteiger partial charge in [-0.3, -0.25) is 14.9 Å². The summed E-state index contributed by atoms with van der Waals surface area (Å²) in [6, 6.07) is 9.80. The molecular formula is C20H14F2N4O3S3. The van der Waals surface area contributed by atoms with Crippen LogP contribution in [0.25, 0.3) is 11.3 Å². The van der Waals surface area contributed by atoms with E-state index >= 15 is 0 Å². The number of carbonyl (C=O) groups is 2. The Morgan fingerprint density at radius 1 is 0.969 bits per heavy atom. The summed E-state index contributed by atoms with van der Waals surface area (Å²) in [4.78, 5) is 33.6. The van der Waals surface area contributed by atoms with Crippen molar-refractivity contribution >= 4 is 56.1 Å². The SMILES string of the molecule is O=C(Cc1csc(NC(=O)c2cccs2)n1)Nc1nc(-c2ccccc2OC(F)F)cs1. The van der Waals surface area contributed by atoms with E-state index in [2.05, 4.69) is 25.3 Å². The van der Waals surface area contributed by atoms with Gasteiger partial charge in [0.15, 0.2) is 10.3 Å². The zero-order valence-corrected chi connectivity index (χ0v) is 18.5. The number of nitrogens with one attached hydrogen (secondary N) is 2. The number of anilines is 2. The number of hydrogen-bond donors (Lipinski definition) is 2.